The molecule has 13 nitrogen and oxygen atoms in total. The third-order valence-electron chi connectivity index (χ3n) is 7.30. The number of unbranched alkanes of at least 4 members (excludes halogenated alkanes) is 2. The fourth-order valence-corrected chi connectivity index (χ4v) is 4.46. The molecule has 13 heteroatoms. The predicted octanol–water partition coefficient (Wildman–Crippen LogP) is 3.91. The van der Waals surface area contributed by atoms with Crippen molar-refractivity contribution in [3.63, 3.8) is 0 Å². The highest BCUT2D eigenvalue weighted by molar-refractivity contribution is 6.02. The van der Waals surface area contributed by atoms with Crippen molar-refractivity contribution in [1.29, 1.82) is 0 Å². The summed E-state index contributed by atoms with van der Waals surface area (Å²) in [6.45, 7) is 9.83. The number of nitroso groups, excluding NO2 is 1. The standard InChI is InChI=1S/C27H37N3O3.C5H8O2.C2H3NO2.CH3NO/c1-5-7-21(2)29(4)27(32)24-8-6-9-26(25(24)19-31)33-20-23-12-10-22(11-13-23)18-30-16-14-28(3)15-17-30;6-4-2-1-3-5-7;4-1-3-2-5;1-2-3/h6,8-13,19,21H,5,7,14-18,20H2,1-4H3;4-5H,1-3H2;1-2H,(H,3,4,5);1H3. The molecule has 3 rings (SSSR count). The summed E-state index contributed by atoms with van der Waals surface area (Å²) in [5, 5.41) is 4.00. The molecule has 1 heterocycles. The van der Waals surface area contributed by atoms with Gasteiger partial charge in [-0.1, -0.05) is 48.9 Å². The Labute approximate surface area is 284 Å². The largest absolute Gasteiger partial charge is 0.488 e. The van der Waals surface area contributed by atoms with E-state index in [1.54, 1.807) is 35.5 Å². The second-order valence-electron chi connectivity index (χ2n) is 10.9. The summed E-state index contributed by atoms with van der Waals surface area (Å²) >= 11 is 0. The second kappa shape index (κ2) is 27.5. The molecule has 1 unspecified atom stereocenters. The molecule has 0 radical (unpaired) electrons. The number of piperazine rings is 1. The number of aldehydes is 3. The van der Waals surface area contributed by atoms with Crippen LogP contribution in [0.25, 0.3) is 0 Å². The molecule has 0 saturated carbocycles. The van der Waals surface area contributed by atoms with E-state index in [1.807, 2.05) is 6.92 Å². The van der Waals surface area contributed by atoms with Gasteiger partial charge in [0.25, 0.3) is 5.91 Å². The van der Waals surface area contributed by atoms with E-state index in [0.717, 1.165) is 70.0 Å². The second-order valence-corrected chi connectivity index (χ2v) is 10.9. The van der Waals surface area contributed by atoms with Gasteiger partial charge in [0.1, 0.15) is 24.9 Å². The number of rotatable bonds is 16. The highest BCUT2D eigenvalue weighted by Gasteiger charge is 2.22. The Morgan fingerprint density at radius 1 is 0.958 bits per heavy atom. The van der Waals surface area contributed by atoms with Gasteiger partial charge in [-0.25, -0.2) is 0 Å². The number of imide groups is 1. The van der Waals surface area contributed by atoms with E-state index in [0.29, 0.717) is 55.6 Å². The summed E-state index contributed by atoms with van der Waals surface area (Å²) in [7, 11) is 5.15. The van der Waals surface area contributed by atoms with Gasteiger partial charge in [0.05, 0.1) is 18.2 Å². The number of benzene rings is 2. The maximum atomic E-state index is 13.0. The van der Waals surface area contributed by atoms with Gasteiger partial charge in [-0.2, -0.15) is 4.91 Å². The van der Waals surface area contributed by atoms with E-state index in [-0.39, 0.29) is 11.9 Å². The SMILES string of the molecule is CCCC(C)N(C)C(=O)c1cccc(OCc2ccc(CN3CCN(C)CC3)cc2)c1C=O.CN=O.O=CCCCC=O.O=CNC=O. The van der Waals surface area contributed by atoms with Crippen LogP contribution in [-0.4, -0.2) is 106 Å². The topological polar surface area (TPSA) is 163 Å². The molecule has 1 N–H and O–H groups in total. The molecule has 1 aliphatic rings. The molecule has 2 aromatic rings. The van der Waals surface area contributed by atoms with Crippen LogP contribution < -0.4 is 10.1 Å². The Balaban J connectivity index is 0.00000123. The van der Waals surface area contributed by atoms with Crippen molar-refractivity contribution in [2.75, 3.05) is 47.3 Å². The first kappa shape index (κ1) is 43.4. The number of carbonyl (C=O) groups is 6. The van der Waals surface area contributed by atoms with Gasteiger partial charge >= 0.3 is 0 Å². The normalized spacial score (nSPS) is 12.9. The van der Waals surface area contributed by atoms with E-state index >= 15 is 0 Å². The smallest absolute Gasteiger partial charge is 0.254 e. The molecule has 264 valence electrons. The number of nitrogens with zero attached hydrogens (tertiary/aromatic N) is 4. The minimum absolute atomic E-state index is 0.107. The van der Waals surface area contributed by atoms with Crippen molar-refractivity contribution in [3.8, 4) is 5.75 Å². The van der Waals surface area contributed by atoms with Gasteiger partial charge in [0, 0.05) is 58.7 Å². The average Bonchev–Trinajstić information content (AvgIpc) is 3.09. The zero-order valence-corrected chi connectivity index (χ0v) is 28.8. The fourth-order valence-electron chi connectivity index (χ4n) is 4.46. The molecule has 0 spiro atoms. The van der Waals surface area contributed by atoms with Crippen molar-refractivity contribution in [2.24, 2.45) is 5.18 Å². The third kappa shape index (κ3) is 17.9. The van der Waals surface area contributed by atoms with Crippen molar-refractivity contribution < 1.29 is 33.5 Å². The van der Waals surface area contributed by atoms with Gasteiger partial charge in [0.15, 0.2) is 6.29 Å². The van der Waals surface area contributed by atoms with Crippen molar-refractivity contribution in [1.82, 2.24) is 20.0 Å². The summed E-state index contributed by atoms with van der Waals surface area (Å²) in [5.74, 6) is 0.283. The Morgan fingerprint density at radius 2 is 1.52 bits per heavy atom. The summed E-state index contributed by atoms with van der Waals surface area (Å²) in [6, 6.07) is 13.7. The first-order chi connectivity index (χ1) is 23.2. The molecule has 1 aliphatic heterocycles. The zero-order valence-electron chi connectivity index (χ0n) is 28.8. The molecule has 0 aliphatic carbocycles. The first-order valence-electron chi connectivity index (χ1n) is 15.9. The van der Waals surface area contributed by atoms with Crippen molar-refractivity contribution in [2.45, 2.75) is 65.1 Å². The van der Waals surface area contributed by atoms with Crippen molar-refractivity contribution >= 4 is 37.6 Å². The average molecular weight is 670 g/mol. The lowest BCUT2D eigenvalue weighted by atomic mass is 10.0. The lowest BCUT2D eigenvalue weighted by Gasteiger charge is -2.32. The van der Waals surface area contributed by atoms with E-state index < -0.39 is 0 Å². The van der Waals surface area contributed by atoms with Crippen LogP contribution in [0.4, 0.5) is 0 Å². The van der Waals surface area contributed by atoms with E-state index in [4.69, 9.17) is 19.2 Å². The number of hydrogen-bond acceptors (Lipinski definition) is 11. The number of nitrogens with one attached hydrogen (secondary N) is 1. The summed E-state index contributed by atoms with van der Waals surface area (Å²) < 4.78 is 5.98. The number of ether oxygens (including phenoxy) is 1. The quantitative estimate of drug-likeness (QED) is 0.158. The zero-order chi connectivity index (χ0) is 36.2. The molecule has 48 heavy (non-hydrogen) atoms. The molecular formula is C35H51N5O8. The predicted molar refractivity (Wildman–Crippen MR) is 185 cm³/mol. The van der Waals surface area contributed by atoms with Gasteiger partial charge < -0.3 is 29.4 Å². The minimum Gasteiger partial charge on any atom is -0.488 e. The molecule has 3 amide bonds. The summed E-state index contributed by atoms with van der Waals surface area (Å²) in [5.41, 5.74) is 3.01. The monoisotopic (exact) mass is 669 g/mol. The fraction of sp³-hybridized carbons (Fsp3) is 0.486. The molecular weight excluding hydrogens is 618 g/mol. The summed E-state index contributed by atoms with van der Waals surface area (Å²) in [6.07, 6.45) is 6.63. The highest BCUT2D eigenvalue weighted by atomic mass is 16.5. The number of carbonyl (C=O) groups excluding carboxylic acids is 6. The summed E-state index contributed by atoms with van der Waals surface area (Å²) in [4.78, 5) is 77.2. The van der Waals surface area contributed by atoms with E-state index in [2.05, 4.69) is 53.2 Å². The van der Waals surface area contributed by atoms with E-state index in [1.165, 1.54) is 12.6 Å². The maximum absolute atomic E-state index is 13.0. The van der Waals surface area contributed by atoms with Crippen LogP contribution in [0.2, 0.25) is 0 Å². The van der Waals surface area contributed by atoms with Crippen molar-refractivity contribution in [3.05, 3.63) is 69.6 Å². The lowest BCUT2D eigenvalue weighted by Crippen LogP contribution is -2.43. The van der Waals surface area contributed by atoms with Crippen LogP contribution in [-0.2, 0) is 32.3 Å². The Morgan fingerprint density at radius 3 is 2.00 bits per heavy atom. The molecule has 1 fully saturated rings. The maximum Gasteiger partial charge on any atom is 0.254 e. The molecule has 1 saturated heterocycles. The van der Waals surface area contributed by atoms with Crippen LogP contribution in [0.3, 0.4) is 0 Å². The number of hydrogen-bond donors (Lipinski definition) is 1. The van der Waals surface area contributed by atoms with E-state index in [9.17, 15) is 19.2 Å². The minimum atomic E-state index is -0.156. The molecule has 0 aromatic heterocycles. The van der Waals surface area contributed by atoms with Gasteiger partial charge in [-0.15, -0.1) is 0 Å². The van der Waals surface area contributed by atoms with Crippen LogP contribution in [0, 0.1) is 4.91 Å². The Bertz CT molecular complexity index is 1220. The lowest BCUT2D eigenvalue weighted by molar-refractivity contribution is -0.117. The third-order valence-corrected chi connectivity index (χ3v) is 7.30. The van der Waals surface area contributed by atoms with Gasteiger partial charge in [-0.05, 0) is 50.1 Å². The van der Waals surface area contributed by atoms with Crippen LogP contribution >= 0.6 is 0 Å². The van der Waals surface area contributed by atoms with Gasteiger partial charge in [0.2, 0.25) is 12.8 Å². The molecule has 2 aromatic carbocycles. The first-order valence-corrected chi connectivity index (χ1v) is 15.9. The van der Waals surface area contributed by atoms with Crippen LogP contribution in [0.15, 0.2) is 47.6 Å². The van der Waals surface area contributed by atoms with Gasteiger partial charge in [-0.3, -0.25) is 24.1 Å². The Kier molecular flexibility index (Phi) is 24.8. The molecule has 0 bridgehead atoms. The van der Waals surface area contributed by atoms with Crippen LogP contribution in [0.5, 0.6) is 5.75 Å². The Hall–Kier alpha value is -4.62. The number of amides is 3. The highest BCUT2D eigenvalue weighted by Crippen LogP contribution is 2.24. The molecule has 1 atom stereocenters. The number of likely N-dealkylation sites (N-methyl/N-ethyl adjacent to an activating group) is 1. The van der Waals surface area contributed by atoms with Crippen LogP contribution in [0.1, 0.15) is 77.8 Å².